The van der Waals surface area contributed by atoms with E-state index in [2.05, 4.69) is 5.16 Å². The maximum Gasteiger partial charge on any atom is 0.0871 e. The zero-order valence-corrected chi connectivity index (χ0v) is 10.6. The molecule has 0 saturated heterocycles. The van der Waals surface area contributed by atoms with Crippen LogP contribution < -0.4 is 0 Å². The number of nitrogens with zero attached hydrogens (tertiary/aromatic N) is 1. The summed E-state index contributed by atoms with van der Waals surface area (Å²) >= 11 is 5.83. The SMILES string of the molecule is O/N=C(\CCc1ccc(Cl)cc1)c1ccccc1. The second kappa shape index (κ2) is 6.22. The molecule has 0 bridgehead atoms. The highest BCUT2D eigenvalue weighted by atomic mass is 35.5. The summed E-state index contributed by atoms with van der Waals surface area (Å²) in [4.78, 5) is 0. The average molecular weight is 260 g/mol. The van der Waals surface area contributed by atoms with Crippen LogP contribution in [-0.4, -0.2) is 10.9 Å². The van der Waals surface area contributed by atoms with Crippen molar-refractivity contribution in [1.29, 1.82) is 0 Å². The van der Waals surface area contributed by atoms with E-state index in [1.54, 1.807) is 0 Å². The van der Waals surface area contributed by atoms with Crippen molar-refractivity contribution in [3.63, 3.8) is 0 Å². The van der Waals surface area contributed by atoms with Crippen molar-refractivity contribution in [3.05, 3.63) is 70.7 Å². The lowest BCUT2D eigenvalue weighted by Crippen LogP contribution is -2.02. The molecule has 1 N–H and O–H groups in total. The van der Waals surface area contributed by atoms with Crippen molar-refractivity contribution in [2.24, 2.45) is 5.16 Å². The largest absolute Gasteiger partial charge is 0.411 e. The first-order chi connectivity index (χ1) is 8.79. The van der Waals surface area contributed by atoms with Gasteiger partial charge in [-0.1, -0.05) is 59.2 Å². The number of rotatable bonds is 4. The average Bonchev–Trinajstić information content (AvgIpc) is 2.43. The van der Waals surface area contributed by atoms with Crippen LogP contribution in [0.2, 0.25) is 5.02 Å². The summed E-state index contributed by atoms with van der Waals surface area (Å²) in [5.74, 6) is 0. The summed E-state index contributed by atoms with van der Waals surface area (Å²) in [5.41, 5.74) is 2.83. The molecular formula is C15H14ClNO. The number of benzene rings is 2. The van der Waals surface area contributed by atoms with Gasteiger partial charge in [0.1, 0.15) is 0 Å². The quantitative estimate of drug-likeness (QED) is 0.499. The monoisotopic (exact) mass is 259 g/mol. The molecule has 0 fully saturated rings. The molecule has 2 aromatic rings. The van der Waals surface area contributed by atoms with E-state index >= 15 is 0 Å². The summed E-state index contributed by atoms with van der Waals surface area (Å²) in [6, 6.07) is 17.4. The van der Waals surface area contributed by atoms with Gasteiger partial charge in [-0.3, -0.25) is 0 Å². The maximum absolute atomic E-state index is 9.07. The van der Waals surface area contributed by atoms with Crippen LogP contribution in [0.1, 0.15) is 17.5 Å². The Hall–Kier alpha value is -1.80. The molecule has 0 unspecified atom stereocenters. The molecule has 18 heavy (non-hydrogen) atoms. The summed E-state index contributed by atoms with van der Waals surface area (Å²) in [7, 11) is 0. The normalized spacial score (nSPS) is 11.5. The Labute approximate surface area is 112 Å². The topological polar surface area (TPSA) is 32.6 Å². The predicted octanol–water partition coefficient (Wildman–Crippen LogP) is 4.15. The second-order valence-corrected chi connectivity index (χ2v) is 4.48. The number of aryl methyl sites for hydroxylation is 1. The van der Waals surface area contributed by atoms with Gasteiger partial charge in [-0.15, -0.1) is 0 Å². The lowest BCUT2D eigenvalue weighted by molar-refractivity contribution is 0.318. The molecule has 0 aromatic heterocycles. The Bertz CT molecular complexity index is 520. The first-order valence-corrected chi connectivity index (χ1v) is 6.18. The van der Waals surface area contributed by atoms with Gasteiger partial charge in [0.2, 0.25) is 0 Å². The van der Waals surface area contributed by atoms with Gasteiger partial charge in [0, 0.05) is 5.02 Å². The minimum Gasteiger partial charge on any atom is -0.411 e. The Kier molecular flexibility index (Phi) is 4.37. The Morgan fingerprint density at radius 2 is 1.67 bits per heavy atom. The fraction of sp³-hybridized carbons (Fsp3) is 0.133. The van der Waals surface area contributed by atoms with Gasteiger partial charge in [-0.05, 0) is 36.1 Å². The van der Waals surface area contributed by atoms with E-state index < -0.39 is 0 Å². The Morgan fingerprint density at radius 1 is 1.00 bits per heavy atom. The highest BCUT2D eigenvalue weighted by molar-refractivity contribution is 6.30. The molecule has 0 spiro atoms. The molecule has 2 nitrogen and oxygen atoms in total. The van der Waals surface area contributed by atoms with E-state index in [9.17, 15) is 0 Å². The van der Waals surface area contributed by atoms with Gasteiger partial charge in [0.25, 0.3) is 0 Å². The third kappa shape index (κ3) is 3.34. The molecule has 0 heterocycles. The third-order valence-electron chi connectivity index (χ3n) is 2.79. The number of halogens is 1. The first-order valence-electron chi connectivity index (χ1n) is 5.80. The summed E-state index contributed by atoms with van der Waals surface area (Å²) < 4.78 is 0. The van der Waals surface area contributed by atoms with Crippen molar-refractivity contribution in [1.82, 2.24) is 0 Å². The molecule has 0 saturated carbocycles. The minimum atomic E-state index is 0.697. The number of hydrogen-bond donors (Lipinski definition) is 1. The predicted molar refractivity (Wildman–Crippen MR) is 74.5 cm³/mol. The van der Waals surface area contributed by atoms with Gasteiger partial charge < -0.3 is 5.21 Å². The van der Waals surface area contributed by atoms with E-state index in [1.165, 1.54) is 5.56 Å². The highest BCUT2D eigenvalue weighted by Gasteiger charge is 2.04. The molecule has 92 valence electrons. The fourth-order valence-electron chi connectivity index (χ4n) is 1.80. The van der Waals surface area contributed by atoms with Crippen LogP contribution in [0.4, 0.5) is 0 Å². The summed E-state index contributed by atoms with van der Waals surface area (Å²) in [5, 5.41) is 13.2. The molecule has 0 radical (unpaired) electrons. The highest BCUT2D eigenvalue weighted by Crippen LogP contribution is 2.13. The van der Waals surface area contributed by atoms with Crippen LogP contribution in [0.25, 0.3) is 0 Å². The van der Waals surface area contributed by atoms with Crippen LogP contribution in [0.5, 0.6) is 0 Å². The summed E-state index contributed by atoms with van der Waals surface area (Å²) in [6.07, 6.45) is 1.52. The Morgan fingerprint density at radius 3 is 2.28 bits per heavy atom. The van der Waals surface area contributed by atoms with Crippen LogP contribution in [0.15, 0.2) is 59.8 Å². The van der Waals surface area contributed by atoms with Crippen LogP contribution >= 0.6 is 11.6 Å². The van der Waals surface area contributed by atoms with E-state index in [1.807, 2.05) is 54.6 Å². The molecule has 0 aliphatic rings. The van der Waals surface area contributed by atoms with Gasteiger partial charge in [0.15, 0.2) is 0 Å². The van der Waals surface area contributed by atoms with Crippen LogP contribution in [0, 0.1) is 0 Å². The zero-order chi connectivity index (χ0) is 12.8. The molecule has 2 rings (SSSR count). The van der Waals surface area contributed by atoms with Gasteiger partial charge in [-0.2, -0.15) is 0 Å². The lowest BCUT2D eigenvalue weighted by atomic mass is 10.0. The number of oxime groups is 1. The maximum atomic E-state index is 9.07. The molecule has 0 amide bonds. The molecule has 2 aromatic carbocycles. The molecule has 0 aliphatic carbocycles. The van der Waals surface area contributed by atoms with Crippen molar-refractivity contribution in [2.45, 2.75) is 12.8 Å². The van der Waals surface area contributed by atoms with E-state index in [0.29, 0.717) is 12.1 Å². The van der Waals surface area contributed by atoms with E-state index in [0.717, 1.165) is 17.0 Å². The molecular weight excluding hydrogens is 246 g/mol. The van der Waals surface area contributed by atoms with E-state index in [-0.39, 0.29) is 0 Å². The first kappa shape index (κ1) is 12.7. The molecule has 0 atom stereocenters. The van der Waals surface area contributed by atoms with Gasteiger partial charge >= 0.3 is 0 Å². The van der Waals surface area contributed by atoms with Gasteiger partial charge in [0.05, 0.1) is 5.71 Å². The van der Waals surface area contributed by atoms with Crippen molar-refractivity contribution < 1.29 is 5.21 Å². The van der Waals surface area contributed by atoms with Crippen LogP contribution in [-0.2, 0) is 6.42 Å². The third-order valence-corrected chi connectivity index (χ3v) is 3.04. The lowest BCUT2D eigenvalue weighted by Gasteiger charge is -2.05. The van der Waals surface area contributed by atoms with Crippen molar-refractivity contribution >= 4 is 17.3 Å². The molecule has 0 aliphatic heterocycles. The second-order valence-electron chi connectivity index (χ2n) is 4.04. The minimum absolute atomic E-state index is 0.697. The molecule has 3 heteroatoms. The van der Waals surface area contributed by atoms with E-state index in [4.69, 9.17) is 16.8 Å². The standard InChI is InChI=1S/C15H14ClNO/c16-14-9-6-12(7-10-14)8-11-15(17-18)13-4-2-1-3-5-13/h1-7,9-10,18H,8,11H2/b17-15+. The fourth-order valence-corrected chi connectivity index (χ4v) is 1.92. The van der Waals surface area contributed by atoms with Crippen molar-refractivity contribution in [3.8, 4) is 0 Å². The van der Waals surface area contributed by atoms with Gasteiger partial charge in [-0.25, -0.2) is 0 Å². The Balaban J connectivity index is 2.03. The van der Waals surface area contributed by atoms with Crippen LogP contribution in [0.3, 0.4) is 0 Å². The number of hydrogen-bond acceptors (Lipinski definition) is 2. The van der Waals surface area contributed by atoms with Crippen molar-refractivity contribution in [2.75, 3.05) is 0 Å². The zero-order valence-electron chi connectivity index (χ0n) is 9.88. The smallest absolute Gasteiger partial charge is 0.0871 e. The summed E-state index contributed by atoms with van der Waals surface area (Å²) in [6.45, 7) is 0.